The van der Waals surface area contributed by atoms with Crippen LogP contribution in [-0.2, 0) is 6.54 Å². The molecule has 0 radical (unpaired) electrons. The molecule has 0 spiro atoms. The van der Waals surface area contributed by atoms with Crippen LogP contribution in [0.25, 0.3) is 0 Å². The summed E-state index contributed by atoms with van der Waals surface area (Å²) in [7, 11) is 0. The Morgan fingerprint density at radius 3 is 3.20 bits per heavy atom. The quantitative estimate of drug-likeness (QED) is 0.827. The van der Waals surface area contributed by atoms with Crippen molar-refractivity contribution in [2.24, 2.45) is 0 Å². The van der Waals surface area contributed by atoms with E-state index in [2.05, 4.69) is 20.2 Å². The zero-order valence-electron chi connectivity index (χ0n) is 7.64. The van der Waals surface area contributed by atoms with Crippen molar-refractivity contribution < 1.29 is 9.21 Å². The lowest BCUT2D eigenvalue weighted by Crippen LogP contribution is -2.27. The molecule has 15 heavy (non-hydrogen) atoms. The number of furan rings is 1. The number of urea groups is 1. The smallest absolute Gasteiger partial charge is 0.320 e. The van der Waals surface area contributed by atoms with Gasteiger partial charge in [-0.05, 0) is 6.07 Å². The first-order valence-corrected chi connectivity index (χ1v) is 4.95. The minimum absolute atomic E-state index is 0.290. The molecule has 2 aromatic rings. The molecular formula is C8H8N4O2S. The fourth-order valence-electron chi connectivity index (χ4n) is 0.954. The number of amides is 2. The van der Waals surface area contributed by atoms with Crippen molar-refractivity contribution in [1.82, 2.24) is 14.9 Å². The molecule has 0 aliphatic heterocycles. The Morgan fingerprint density at radius 2 is 2.53 bits per heavy atom. The van der Waals surface area contributed by atoms with E-state index in [9.17, 15) is 4.79 Å². The van der Waals surface area contributed by atoms with E-state index in [1.54, 1.807) is 18.6 Å². The third kappa shape index (κ3) is 2.78. The maximum absolute atomic E-state index is 11.3. The fourth-order valence-corrected chi connectivity index (χ4v) is 1.37. The van der Waals surface area contributed by atoms with Crippen LogP contribution in [0.2, 0.25) is 0 Å². The van der Waals surface area contributed by atoms with Gasteiger partial charge in [0.05, 0.1) is 18.7 Å². The van der Waals surface area contributed by atoms with Gasteiger partial charge < -0.3 is 9.73 Å². The normalized spacial score (nSPS) is 9.87. The van der Waals surface area contributed by atoms with Gasteiger partial charge in [-0.3, -0.25) is 5.32 Å². The summed E-state index contributed by atoms with van der Waals surface area (Å²) in [6, 6.07) is 1.50. The molecular weight excluding hydrogens is 216 g/mol. The molecule has 2 N–H and O–H groups in total. The summed E-state index contributed by atoms with van der Waals surface area (Å²) in [5.41, 5.74) is 0.910. The Bertz CT molecular complexity index is 412. The highest BCUT2D eigenvalue weighted by atomic mass is 32.1. The van der Waals surface area contributed by atoms with Crippen molar-refractivity contribution in [1.29, 1.82) is 0 Å². The maximum atomic E-state index is 11.3. The average molecular weight is 224 g/mol. The second kappa shape index (κ2) is 4.56. The summed E-state index contributed by atoms with van der Waals surface area (Å²) in [6.07, 6.45) is 4.62. The standard InChI is InChI=1S/C8H8N4O2S/c13-8(11-7-4-10-12-15-7)9-3-6-1-2-14-5-6/h1-2,4-5H,3H2,(H2,9,11,13). The van der Waals surface area contributed by atoms with Crippen molar-refractivity contribution in [3.63, 3.8) is 0 Å². The number of rotatable bonds is 3. The number of aromatic nitrogens is 2. The molecule has 0 unspecified atom stereocenters. The van der Waals surface area contributed by atoms with Gasteiger partial charge in [-0.15, -0.1) is 5.10 Å². The van der Waals surface area contributed by atoms with Crippen molar-refractivity contribution in [2.45, 2.75) is 6.54 Å². The summed E-state index contributed by atoms with van der Waals surface area (Å²) in [6.45, 7) is 0.425. The van der Waals surface area contributed by atoms with Gasteiger partial charge >= 0.3 is 6.03 Å². The SMILES string of the molecule is O=C(NCc1ccoc1)Nc1cnns1. The number of nitrogens with one attached hydrogen (secondary N) is 2. The number of carbonyl (C=O) groups excluding carboxylic acids is 1. The molecule has 0 saturated heterocycles. The van der Waals surface area contributed by atoms with E-state index >= 15 is 0 Å². The molecule has 0 aromatic carbocycles. The van der Waals surface area contributed by atoms with Crippen LogP contribution in [0.15, 0.2) is 29.2 Å². The minimum atomic E-state index is -0.290. The molecule has 0 aliphatic rings. The van der Waals surface area contributed by atoms with Crippen molar-refractivity contribution in [2.75, 3.05) is 5.32 Å². The molecule has 2 rings (SSSR count). The van der Waals surface area contributed by atoms with Gasteiger partial charge in [0.25, 0.3) is 0 Å². The summed E-state index contributed by atoms with van der Waals surface area (Å²) in [4.78, 5) is 11.3. The lowest BCUT2D eigenvalue weighted by Gasteiger charge is -2.02. The van der Waals surface area contributed by atoms with Crippen LogP contribution in [-0.4, -0.2) is 15.6 Å². The number of nitrogens with zero attached hydrogens (tertiary/aromatic N) is 2. The summed E-state index contributed by atoms with van der Waals surface area (Å²) >= 11 is 1.12. The van der Waals surface area contributed by atoms with Crippen LogP contribution in [0, 0.1) is 0 Å². The average Bonchev–Trinajstić information content (AvgIpc) is 2.86. The first-order valence-electron chi connectivity index (χ1n) is 4.18. The topological polar surface area (TPSA) is 80.0 Å². The Morgan fingerprint density at radius 1 is 1.60 bits per heavy atom. The van der Waals surface area contributed by atoms with Crippen LogP contribution < -0.4 is 10.6 Å². The first-order chi connectivity index (χ1) is 7.34. The Balaban J connectivity index is 1.78. The van der Waals surface area contributed by atoms with Crippen LogP contribution in [0.1, 0.15) is 5.56 Å². The third-order valence-corrected chi connectivity index (χ3v) is 2.21. The third-order valence-electron chi connectivity index (χ3n) is 1.63. The van der Waals surface area contributed by atoms with Gasteiger partial charge in [-0.2, -0.15) is 0 Å². The van der Waals surface area contributed by atoms with E-state index in [-0.39, 0.29) is 6.03 Å². The van der Waals surface area contributed by atoms with Crippen LogP contribution in [0.3, 0.4) is 0 Å². The molecule has 0 fully saturated rings. The van der Waals surface area contributed by atoms with Gasteiger partial charge in [0.1, 0.15) is 5.00 Å². The molecule has 0 atom stereocenters. The van der Waals surface area contributed by atoms with Gasteiger partial charge in [-0.25, -0.2) is 4.79 Å². The second-order valence-electron chi connectivity index (χ2n) is 2.72. The van der Waals surface area contributed by atoms with E-state index in [0.717, 1.165) is 17.1 Å². The van der Waals surface area contributed by atoms with E-state index < -0.39 is 0 Å². The van der Waals surface area contributed by atoms with Gasteiger partial charge in [0, 0.05) is 23.6 Å². The van der Waals surface area contributed by atoms with Crippen LogP contribution in [0.4, 0.5) is 9.80 Å². The predicted molar refractivity (Wildman–Crippen MR) is 54.5 cm³/mol. The van der Waals surface area contributed by atoms with Crippen LogP contribution >= 0.6 is 11.5 Å². The minimum Gasteiger partial charge on any atom is -0.472 e. The summed E-state index contributed by atoms with van der Waals surface area (Å²) < 4.78 is 8.48. The molecule has 78 valence electrons. The summed E-state index contributed by atoms with van der Waals surface area (Å²) in [5, 5.41) is 9.47. The van der Waals surface area contributed by atoms with Crippen molar-refractivity contribution in [3.8, 4) is 0 Å². The van der Waals surface area contributed by atoms with Crippen LogP contribution in [0.5, 0.6) is 0 Å². The molecule has 6 nitrogen and oxygen atoms in total. The fraction of sp³-hybridized carbons (Fsp3) is 0.125. The Labute approximate surface area is 89.5 Å². The lowest BCUT2D eigenvalue weighted by molar-refractivity contribution is 0.252. The summed E-state index contributed by atoms with van der Waals surface area (Å²) in [5.74, 6) is 0. The highest BCUT2D eigenvalue weighted by Crippen LogP contribution is 2.08. The lowest BCUT2D eigenvalue weighted by atomic mass is 10.3. The maximum Gasteiger partial charge on any atom is 0.320 e. The first kappa shape index (κ1) is 9.66. The molecule has 2 aromatic heterocycles. The van der Waals surface area contributed by atoms with E-state index in [1.165, 1.54) is 6.20 Å². The Hall–Kier alpha value is -1.89. The molecule has 2 amide bonds. The van der Waals surface area contributed by atoms with Gasteiger partial charge in [0.15, 0.2) is 0 Å². The number of carbonyl (C=O) groups is 1. The monoisotopic (exact) mass is 224 g/mol. The van der Waals surface area contributed by atoms with E-state index in [0.29, 0.717) is 11.5 Å². The second-order valence-corrected chi connectivity index (χ2v) is 3.51. The zero-order chi connectivity index (χ0) is 10.5. The highest BCUT2D eigenvalue weighted by molar-refractivity contribution is 7.10. The van der Waals surface area contributed by atoms with Gasteiger partial charge in [0.2, 0.25) is 0 Å². The highest BCUT2D eigenvalue weighted by Gasteiger charge is 2.03. The van der Waals surface area contributed by atoms with Crippen molar-refractivity contribution in [3.05, 3.63) is 30.4 Å². The predicted octanol–water partition coefficient (Wildman–Crippen LogP) is 1.45. The molecule has 0 bridgehead atoms. The number of anilines is 1. The number of hydrogen-bond acceptors (Lipinski definition) is 5. The molecule has 0 aliphatic carbocycles. The van der Waals surface area contributed by atoms with E-state index in [4.69, 9.17) is 4.42 Å². The van der Waals surface area contributed by atoms with Gasteiger partial charge in [-0.1, -0.05) is 4.49 Å². The van der Waals surface area contributed by atoms with Crippen molar-refractivity contribution >= 4 is 22.6 Å². The molecule has 2 heterocycles. The Kier molecular flexibility index (Phi) is 2.93. The molecule has 0 saturated carbocycles. The van der Waals surface area contributed by atoms with E-state index in [1.807, 2.05) is 0 Å². The zero-order valence-corrected chi connectivity index (χ0v) is 8.45. The largest absolute Gasteiger partial charge is 0.472 e. The number of hydrogen-bond donors (Lipinski definition) is 2. The molecule has 7 heteroatoms.